The van der Waals surface area contributed by atoms with Gasteiger partial charge in [0.2, 0.25) is 0 Å². The Balaban J connectivity index is 2.41. The van der Waals surface area contributed by atoms with Crippen molar-refractivity contribution in [1.29, 1.82) is 0 Å². The van der Waals surface area contributed by atoms with Crippen LogP contribution in [0.15, 0.2) is 30.5 Å². The largest absolute Gasteiger partial charge is 0.497 e. The molecular weight excluding hydrogens is 244 g/mol. The molecule has 1 aromatic heterocycles. The van der Waals surface area contributed by atoms with Crippen molar-refractivity contribution < 1.29 is 9.53 Å². The van der Waals surface area contributed by atoms with Crippen LogP contribution >= 0.6 is 0 Å². The number of aryl methyl sites for hydroxylation is 1. The second kappa shape index (κ2) is 5.45. The van der Waals surface area contributed by atoms with Crippen LogP contribution in [0.1, 0.15) is 16.1 Å². The Morgan fingerprint density at radius 2 is 2.21 bits per heavy atom. The van der Waals surface area contributed by atoms with Crippen molar-refractivity contribution >= 4 is 5.91 Å². The molecule has 2 rings (SSSR count). The lowest BCUT2D eigenvalue weighted by atomic mass is 10.1. The zero-order valence-corrected chi connectivity index (χ0v) is 10.7. The summed E-state index contributed by atoms with van der Waals surface area (Å²) in [6.45, 7) is 1.73. The predicted octanol–water partition coefficient (Wildman–Crippen LogP) is 1.06. The molecule has 3 N–H and O–H groups in total. The van der Waals surface area contributed by atoms with Gasteiger partial charge in [-0.2, -0.15) is 0 Å². The number of hydrogen-bond acceptors (Lipinski definition) is 5. The molecule has 0 unspecified atom stereocenters. The molecule has 6 heteroatoms. The number of benzene rings is 1. The number of nitrogen functional groups attached to an aromatic ring is 1. The van der Waals surface area contributed by atoms with Gasteiger partial charge in [-0.25, -0.2) is 15.8 Å². The van der Waals surface area contributed by atoms with Crippen molar-refractivity contribution in [2.45, 2.75) is 6.92 Å². The van der Waals surface area contributed by atoms with Crippen LogP contribution in [-0.4, -0.2) is 23.0 Å². The molecule has 0 bridgehead atoms. The van der Waals surface area contributed by atoms with Gasteiger partial charge in [0, 0.05) is 11.8 Å². The third-order valence-corrected chi connectivity index (χ3v) is 2.68. The number of aromatic nitrogens is 2. The number of carbonyl (C=O) groups excluding carboxylic acids is 1. The number of methoxy groups -OCH3 is 1. The molecule has 0 atom stereocenters. The molecule has 0 aliphatic carbocycles. The van der Waals surface area contributed by atoms with E-state index >= 15 is 0 Å². The van der Waals surface area contributed by atoms with E-state index < -0.39 is 5.91 Å². The summed E-state index contributed by atoms with van der Waals surface area (Å²) in [6.07, 6.45) is 1.46. The number of nitrogens with two attached hydrogens (primary N) is 1. The average Bonchev–Trinajstić information content (AvgIpc) is 2.46. The normalized spacial score (nSPS) is 10.1. The molecule has 1 amide bonds. The zero-order chi connectivity index (χ0) is 13.8. The maximum absolute atomic E-state index is 11.4. The Bertz CT molecular complexity index is 613. The first-order valence-corrected chi connectivity index (χ1v) is 5.64. The van der Waals surface area contributed by atoms with Gasteiger partial charge in [0.05, 0.1) is 18.4 Å². The Kier molecular flexibility index (Phi) is 3.72. The van der Waals surface area contributed by atoms with E-state index in [0.29, 0.717) is 17.1 Å². The molecule has 2 aromatic rings. The molecule has 0 saturated carbocycles. The fraction of sp³-hybridized carbons (Fsp3) is 0.154. The number of ether oxygens (including phenoxy) is 1. The maximum atomic E-state index is 11.4. The van der Waals surface area contributed by atoms with Gasteiger partial charge >= 0.3 is 0 Å². The van der Waals surface area contributed by atoms with Gasteiger partial charge in [-0.05, 0) is 19.1 Å². The molecule has 1 heterocycles. The Morgan fingerprint density at radius 1 is 1.42 bits per heavy atom. The van der Waals surface area contributed by atoms with Crippen LogP contribution in [0.25, 0.3) is 11.4 Å². The van der Waals surface area contributed by atoms with E-state index in [1.807, 2.05) is 24.3 Å². The lowest BCUT2D eigenvalue weighted by Crippen LogP contribution is -2.31. The third kappa shape index (κ3) is 2.69. The highest BCUT2D eigenvalue weighted by Gasteiger charge is 2.11. The molecule has 0 saturated heterocycles. The number of hydrazine groups is 1. The number of nitrogens with zero attached hydrogens (tertiary/aromatic N) is 2. The molecule has 0 aliphatic heterocycles. The fourth-order valence-corrected chi connectivity index (χ4v) is 1.67. The number of amides is 1. The number of hydrogen-bond donors (Lipinski definition) is 2. The van der Waals surface area contributed by atoms with Crippen molar-refractivity contribution in [1.82, 2.24) is 15.4 Å². The van der Waals surface area contributed by atoms with Crippen molar-refractivity contribution in [2.24, 2.45) is 5.84 Å². The smallest absolute Gasteiger partial charge is 0.268 e. The number of carbonyl (C=O) groups is 1. The summed E-state index contributed by atoms with van der Waals surface area (Å²) >= 11 is 0. The van der Waals surface area contributed by atoms with E-state index in [4.69, 9.17) is 10.6 Å². The quantitative estimate of drug-likeness (QED) is 0.488. The molecule has 0 radical (unpaired) electrons. The second-order valence-corrected chi connectivity index (χ2v) is 3.90. The predicted molar refractivity (Wildman–Crippen MR) is 70.4 cm³/mol. The van der Waals surface area contributed by atoms with Crippen LogP contribution in [0.5, 0.6) is 5.75 Å². The molecule has 1 aromatic carbocycles. The van der Waals surface area contributed by atoms with Crippen LogP contribution in [-0.2, 0) is 0 Å². The first kappa shape index (κ1) is 13.0. The first-order valence-electron chi connectivity index (χ1n) is 5.64. The summed E-state index contributed by atoms with van der Waals surface area (Å²) in [5.74, 6) is 5.94. The minimum Gasteiger partial charge on any atom is -0.497 e. The molecule has 0 spiro atoms. The van der Waals surface area contributed by atoms with Crippen LogP contribution in [0.4, 0.5) is 0 Å². The van der Waals surface area contributed by atoms with Gasteiger partial charge in [0.15, 0.2) is 5.82 Å². The molecule has 0 aliphatic rings. The second-order valence-electron chi connectivity index (χ2n) is 3.90. The Morgan fingerprint density at radius 3 is 2.84 bits per heavy atom. The van der Waals surface area contributed by atoms with Gasteiger partial charge in [0.25, 0.3) is 5.91 Å². The zero-order valence-electron chi connectivity index (χ0n) is 10.7. The highest BCUT2D eigenvalue weighted by atomic mass is 16.5. The minimum atomic E-state index is -0.408. The summed E-state index contributed by atoms with van der Waals surface area (Å²) in [6, 6.07) is 7.40. The van der Waals surface area contributed by atoms with Gasteiger partial charge in [-0.15, -0.1) is 0 Å². The average molecular weight is 258 g/mol. The maximum Gasteiger partial charge on any atom is 0.268 e. The fourth-order valence-electron chi connectivity index (χ4n) is 1.67. The molecule has 98 valence electrons. The summed E-state index contributed by atoms with van der Waals surface area (Å²) in [5.41, 5.74) is 3.80. The van der Waals surface area contributed by atoms with Crippen molar-refractivity contribution in [3.8, 4) is 17.1 Å². The lowest BCUT2D eigenvalue weighted by Gasteiger charge is -2.07. The number of rotatable bonds is 3. The van der Waals surface area contributed by atoms with Crippen LogP contribution < -0.4 is 16.0 Å². The SMILES string of the molecule is COc1cccc(-c2ncc(C(=O)NN)c(C)n2)c1. The topological polar surface area (TPSA) is 90.1 Å². The van der Waals surface area contributed by atoms with Crippen LogP contribution in [0.2, 0.25) is 0 Å². The van der Waals surface area contributed by atoms with Crippen molar-refractivity contribution in [3.63, 3.8) is 0 Å². The van der Waals surface area contributed by atoms with Gasteiger partial charge in [-0.1, -0.05) is 12.1 Å². The number of nitrogens with one attached hydrogen (secondary N) is 1. The van der Waals surface area contributed by atoms with Crippen molar-refractivity contribution in [2.75, 3.05) is 7.11 Å². The molecular formula is C13H14N4O2. The third-order valence-electron chi connectivity index (χ3n) is 2.68. The lowest BCUT2D eigenvalue weighted by molar-refractivity contribution is 0.0952. The standard InChI is InChI=1S/C13H14N4O2/c1-8-11(13(18)17-14)7-15-12(16-8)9-4-3-5-10(6-9)19-2/h3-7H,14H2,1-2H3,(H,17,18). The summed E-state index contributed by atoms with van der Waals surface area (Å²) < 4.78 is 5.15. The summed E-state index contributed by atoms with van der Waals surface area (Å²) in [4.78, 5) is 19.9. The highest BCUT2D eigenvalue weighted by Crippen LogP contribution is 2.21. The van der Waals surface area contributed by atoms with Crippen LogP contribution in [0.3, 0.4) is 0 Å². The van der Waals surface area contributed by atoms with E-state index in [-0.39, 0.29) is 0 Å². The molecule has 0 fully saturated rings. The summed E-state index contributed by atoms with van der Waals surface area (Å²) in [7, 11) is 1.60. The Labute approximate surface area is 110 Å². The van der Waals surface area contributed by atoms with E-state index in [9.17, 15) is 4.79 Å². The highest BCUT2D eigenvalue weighted by molar-refractivity contribution is 5.94. The first-order chi connectivity index (χ1) is 9.15. The van der Waals surface area contributed by atoms with E-state index in [1.54, 1.807) is 14.0 Å². The minimum absolute atomic E-state index is 0.356. The summed E-state index contributed by atoms with van der Waals surface area (Å²) in [5, 5.41) is 0. The van der Waals surface area contributed by atoms with E-state index in [2.05, 4.69) is 15.4 Å². The monoisotopic (exact) mass is 258 g/mol. The van der Waals surface area contributed by atoms with E-state index in [1.165, 1.54) is 6.20 Å². The molecule has 19 heavy (non-hydrogen) atoms. The molecule has 6 nitrogen and oxygen atoms in total. The van der Waals surface area contributed by atoms with E-state index in [0.717, 1.165) is 11.3 Å². The van der Waals surface area contributed by atoms with Crippen molar-refractivity contribution in [3.05, 3.63) is 41.7 Å². The van der Waals surface area contributed by atoms with Gasteiger partial charge in [0.1, 0.15) is 5.75 Å². The van der Waals surface area contributed by atoms with Gasteiger partial charge < -0.3 is 4.74 Å². The van der Waals surface area contributed by atoms with Gasteiger partial charge in [-0.3, -0.25) is 10.2 Å². The van der Waals surface area contributed by atoms with Crippen LogP contribution in [0, 0.1) is 6.92 Å². The Hall–Kier alpha value is -2.47.